The van der Waals surface area contributed by atoms with Gasteiger partial charge in [0.25, 0.3) is 0 Å². The first-order valence-electron chi connectivity index (χ1n) is 6.38. The van der Waals surface area contributed by atoms with Crippen LogP contribution in [-0.2, 0) is 13.0 Å². The topological polar surface area (TPSA) is 30.5 Å². The van der Waals surface area contributed by atoms with Crippen LogP contribution in [0.3, 0.4) is 0 Å². The molecule has 20 heavy (non-hydrogen) atoms. The standard InChI is InChI=1S/C15H18BrNO2S/c1-18-13-5-3-11(9-14(13)19-2)10-17-8-7-12-4-6-15(16)20-12/h3-6,9,17H,7-8,10H2,1-2H3. The van der Waals surface area contributed by atoms with E-state index in [1.54, 1.807) is 25.6 Å². The third-order valence-electron chi connectivity index (χ3n) is 2.95. The van der Waals surface area contributed by atoms with Gasteiger partial charge in [0.2, 0.25) is 0 Å². The van der Waals surface area contributed by atoms with Crippen molar-refractivity contribution < 1.29 is 9.47 Å². The van der Waals surface area contributed by atoms with Crippen molar-refractivity contribution in [2.24, 2.45) is 0 Å². The van der Waals surface area contributed by atoms with Gasteiger partial charge in [0.05, 0.1) is 18.0 Å². The second kappa shape index (κ2) is 7.67. The fourth-order valence-electron chi connectivity index (χ4n) is 1.92. The molecule has 3 nitrogen and oxygen atoms in total. The largest absolute Gasteiger partial charge is 0.493 e. The first-order chi connectivity index (χ1) is 9.72. The summed E-state index contributed by atoms with van der Waals surface area (Å²) in [4.78, 5) is 1.39. The Kier molecular flexibility index (Phi) is 5.88. The summed E-state index contributed by atoms with van der Waals surface area (Å²) >= 11 is 5.26. The predicted molar refractivity (Wildman–Crippen MR) is 87.0 cm³/mol. The minimum atomic E-state index is 0.764. The Morgan fingerprint density at radius 2 is 1.90 bits per heavy atom. The molecular formula is C15H18BrNO2S. The van der Waals surface area contributed by atoms with Crippen LogP contribution in [0.2, 0.25) is 0 Å². The molecule has 0 atom stereocenters. The van der Waals surface area contributed by atoms with Crippen molar-refractivity contribution in [1.82, 2.24) is 5.32 Å². The van der Waals surface area contributed by atoms with E-state index < -0.39 is 0 Å². The van der Waals surface area contributed by atoms with Crippen molar-refractivity contribution in [2.45, 2.75) is 13.0 Å². The van der Waals surface area contributed by atoms with Crippen LogP contribution in [0.25, 0.3) is 0 Å². The van der Waals surface area contributed by atoms with E-state index in [2.05, 4.69) is 39.4 Å². The van der Waals surface area contributed by atoms with Crippen LogP contribution < -0.4 is 14.8 Å². The highest BCUT2D eigenvalue weighted by molar-refractivity contribution is 9.11. The summed E-state index contributed by atoms with van der Waals surface area (Å²) in [7, 11) is 3.30. The lowest BCUT2D eigenvalue weighted by Gasteiger charge is -2.10. The Hall–Kier alpha value is -1.04. The third-order valence-corrected chi connectivity index (χ3v) is 4.64. The average molecular weight is 356 g/mol. The minimum absolute atomic E-state index is 0.764. The molecule has 2 aromatic rings. The summed E-state index contributed by atoms with van der Waals surface area (Å²) in [5.74, 6) is 1.54. The van der Waals surface area contributed by atoms with Crippen LogP contribution in [0.5, 0.6) is 11.5 Å². The van der Waals surface area contributed by atoms with Crippen LogP contribution in [-0.4, -0.2) is 20.8 Å². The molecule has 0 aliphatic rings. The van der Waals surface area contributed by atoms with E-state index in [-0.39, 0.29) is 0 Å². The van der Waals surface area contributed by atoms with Gasteiger partial charge in [-0.1, -0.05) is 6.07 Å². The quantitative estimate of drug-likeness (QED) is 0.765. The molecular weight excluding hydrogens is 338 g/mol. The summed E-state index contributed by atoms with van der Waals surface area (Å²) < 4.78 is 11.7. The van der Waals surface area contributed by atoms with Gasteiger partial charge in [-0.2, -0.15) is 0 Å². The number of rotatable bonds is 7. The lowest BCUT2D eigenvalue weighted by molar-refractivity contribution is 0.354. The average Bonchev–Trinajstić information content (AvgIpc) is 2.89. The Morgan fingerprint density at radius 3 is 2.55 bits per heavy atom. The summed E-state index contributed by atoms with van der Waals surface area (Å²) in [5, 5.41) is 3.44. The number of benzene rings is 1. The fourth-order valence-corrected chi connectivity index (χ4v) is 3.40. The first kappa shape index (κ1) is 15.4. The van der Waals surface area contributed by atoms with E-state index in [4.69, 9.17) is 9.47 Å². The summed E-state index contributed by atoms with van der Waals surface area (Å²) in [5.41, 5.74) is 1.19. The molecule has 5 heteroatoms. The maximum Gasteiger partial charge on any atom is 0.161 e. The summed E-state index contributed by atoms with van der Waals surface area (Å²) in [6.45, 7) is 1.79. The zero-order valence-electron chi connectivity index (χ0n) is 11.6. The van der Waals surface area contributed by atoms with Crippen molar-refractivity contribution in [1.29, 1.82) is 0 Å². The van der Waals surface area contributed by atoms with E-state index >= 15 is 0 Å². The first-order valence-corrected chi connectivity index (χ1v) is 7.99. The van der Waals surface area contributed by atoms with Crippen LogP contribution in [0.15, 0.2) is 34.1 Å². The number of halogens is 1. The highest BCUT2D eigenvalue weighted by atomic mass is 79.9. The SMILES string of the molecule is COc1ccc(CNCCc2ccc(Br)s2)cc1OC. The molecule has 0 radical (unpaired) electrons. The number of ether oxygens (including phenoxy) is 2. The zero-order chi connectivity index (χ0) is 14.4. The van der Waals surface area contributed by atoms with Gasteiger partial charge < -0.3 is 14.8 Å². The molecule has 0 amide bonds. The van der Waals surface area contributed by atoms with Gasteiger partial charge in [-0.05, 0) is 52.2 Å². The second-order valence-corrected chi connectivity index (χ2v) is 6.87. The second-order valence-electron chi connectivity index (χ2n) is 4.32. The molecule has 0 unspecified atom stereocenters. The van der Waals surface area contributed by atoms with Gasteiger partial charge in [0.15, 0.2) is 11.5 Å². The van der Waals surface area contributed by atoms with E-state index in [0.29, 0.717) is 0 Å². The van der Waals surface area contributed by atoms with Gasteiger partial charge in [0, 0.05) is 18.0 Å². The maximum atomic E-state index is 5.30. The van der Waals surface area contributed by atoms with E-state index in [1.807, 2.05) is 12.1 Å². The monoisotopic (exact) mass is 355 g/mol. The predicted octanol–water partition coefficient (Wildman–Crippen LogP) is 3.86. The van der Waals surface area contributed by atoms with Crippen LogP contribution in [0.1, 0.15) is 10.4 Å². The molecule has 1 aromatic heterocycles. The number of hydrogen-bond donors (Lipinski definition) is 1. The molecule has 0 spiro atoms. The van der Waals surface area contributed by atoms with E-state index in [9.17, 15) is 0 Å². The van der Waals surface area contributed by atoms with Crippen LogP contribution >= 0.6 is 27.3 Å². The molecule has 0 saturated heterocycles. The Bertz CT molecular complexity index is 557. The smallest absolute Gasteiger partial charge is 0.161 e. The van der Waals surface area contributed by atoms with Crippen molar-refractivity contribution >= 4 is 27.3 Å². The summed E-state index contributed by atoms with van der Waals surface area (Å²) in [6, 6.07) is 10.2. The maximum absolute atomic E-state index is 5.30. The molecule has 1 heterocycles. The lowest BCUT2D eigenvalue weighted by atomic mass is 10.2. The number of thiophene rings is 1. The lowest BCUT2D eigenvalue weighted by Crippen LogP contribution is -2.16. The van der Waals surface area contributed by atoms with Crippen molar-refractivity contribution in [3.05, 3.63) is 44.6 Å². The molecule has 1 aromatic carbocycles. The van der Waals surface area contributed by atoms with Crippen molar-refractivity contribution in [2.75, 3.05) is 20.8 Å². The van der Waals surface area contributed by atoms with Gasteiger partial charge in [-0.15, -0.1) is 11.3 Å². The van der Waals surface area contributed by atoms with Crippen LogP contribution in [0, 0.1) is 0 Å². The number of hydrogen-bond acceptors (Lipinski definition) is 4. The normalized spacial score (nSPS) is 10.6. The minimum Gasteiger partial charge on any atom is -0.493 e. The molecule has 108 valence electrons. The number of nitrogens with one attached hydrogen (secondary N) is 1. The molecule has 0 aliphatic heterocycles. The molecule has 1 N–H and O–H groups in total. The molecule has 2 rings (SSSR count). The van der Waals surface area contributed by atoms with Crippen molar-refractivity contribution in [3.8, 4) is 11.5 Å². The third kappa shape index (κ3) is 4.23. The fraction of sp³-hybridized carbons (Fsp3) is 0.333. The van der Waals surface area contributed by atoms with Gasteiger partial charge in [0.1, 0.15) is 0 Å². The Morgan fingerprint density at radius 1 is 1.10 bits per heavy atom. The molecule has 0 bridgehead atoms. The molecule has 0 saturated carbocycles. The number of methoxy groups -OCH3 is 2. The van der Waals surface area contributed by atoms with E-state index in [1.165, 1.54) is 14.2 Å². The molecule has 0 fully saturated rings. The highest BCUT2D eigenvalue weighted by Crippen LogP contribution is 2.27. The van der Waals surface area contributed by atoms with Gasteiger partial charge >= 0.3 is 0 Å². The van der Waals surface area contributed by atoms with Gasteiger partial charge in [-0.25, -0.2) is 0 Å². The van der Waals surface area contributed by atoms with Gasteiger partial charge in [-0.3, -0.25) is 0 Å². The van der Waals surface area contributed by atoms with Crippen LogP contribution in [0.4, 0.5) is 0 Å². The highest BCUT2D eigenvalue weighted by Gasteiger charge is 2.04. The zero-order valence-corrected chi connectivity index (χ0v) is 14.0. The van der Waals surface area contributed by atoms with Crippen molar-refractivity contribution in [3.63, 3.8) is 0 Å². The molecule has 0 aliphatic carbocycles. The Balaban J connectivity index is 1.82. The van der Waals surface area contributed by atoms with E-state index in [0.717, 1.165) is 31.0 Å². The Labute approximate surface area is 132 Å². The summed E-state index contributed by atoms with van der Waals surface area (Å²) in [6.07, 6.45) is 1.05.